The Morgan fingerprint density at radius 1 is 1.03 bits per heavy atom. The zero-order chi connectivity index (χ0) is 22.2. The topological polar surface area (TPSA) is 95.6 Å². The van der Waals surface area contributed by atoms with Gasteiger partial charge in [-0.25, -0.2) is 5.43 Å². The molecule has 0 bridgehead atoms. The van der Waals surface area contributed by atoms with Gasteiger partial charge in [-0.15, -0.1) is 0 Å². The van der Waals surface area contributed by atoms with Gasteiger partial charge in [-0.05, 0) is 73.5 Å². The molecule has 3 aromatic rings. The number of ether oxygens (including phenoxy) is 1. The predicted molar refractivity (Wildman–Crippen MR) is 124 cm³/mol. The van der Waals surface area contributed by atoms with Crippen LogP contribution in [0.3, 0.4) is 0 Å². The number of rotatable bonds is 7. The van der Waals surface area contributed by atoms with Gasteiger partial charge in [-0.2, -0.15) is 15.3 Å². The SMILES string of the molecule is Cc1cc(C)cc(OCC(=O)NN=Cc2cc(N=Nc3cccc(Br)c3)ccc2O)c1. The molecule has 2 N–H and O–H groups in total. The molecule has 0 unspecified atom stereocenters. The van der Waals surface area contributed by atoms with Gasteiger partial charge in [0.25, 0.3) is 5.91 Å². The largest absolute Gasteiger partial charge is 0.507 e. The van der Waals surface area contributed by atoms with Crippen LogP contribution in [0.1, 0.15) is 16.7 Å². The Kier molecular flexibility index (Phi) is 7.50. The maximum Gasteiger partial charge on any atom is 0.277 e. The smallest absolute Gasteiger partial charge is 0.277 e. The van der Waals surface area contributed by atoms with Crippen LogP contribution in [-0.2, 0) is 4.79 Å². The highest BCUT2D eigenvalue weighted by molar-refractivity contribution is 9.10. The fourth-order valence-corrected chi connectivity index (χ4v) is 3.12. The van der Waals surface area contributed by atoms with Crippen LogP contribution in [-0.4, -0.2) is 23.8 Å². The first-order valence-electron chi connectivity index (χ1n) is 9.42. The lowest BCUT2D eigenvalue weighted by atomic mass is 10.1. The zero-order valence-corrected chi connectivity index (χ0v) is 18.6. The normalized spacial score (nSPS) is 11.2. The van der Waals surface area contributed by atoms with Crippen molar-refractivity contribution in [3.8, 4) is 11.5 Å². The van der Waals surface area contributed by atoms with Crippen molar-refractivity contribution < 1.29 is 14.6 Å². The minimum absolute atomic E-state index is 0.00545. The highest BCUT2D eigenvalue weighted by Gasteiger charge is 2.04. The van der Waals surface area contributed by atoms with E-state index in [0.29, 0.717) is 22.7 Å². The van der Waals surface area contributed by atoms with E-state index in [1.54, 1.807) is 12.1 Å². The van der Waals surface area contributed by atoms with Gasteiger partial charge in [0.05, 0.1) is 17.6 Å². The summed E-state index contributed by atoms with van der Waals surface area (Å²) >= 11 is 3.38. The van der Waals surface area contributed by atoms with E-state index in [9.17, 15) is 9.90 Å². The molecule has 0 aliphatic heterocycles. The number of hydrogen-bond donors (Lipinski definition) is 2. The summed E-state index contributed by atoms with van der Waals surface area (Å²) in [6.45, 7) is 3.75. The van der Waals surface area contributed by atoms with Crippen LogP contribution in [0.25, 0.3) is 0 Å². The second-order valence-corrected chi connectivity index (χ2v) is 7.74. The van der Waals surface area contributed by atoms with Gasteiger partial charge in [0.15, 0.2) is 6.61 Å². The fourth-order valence-electron chi connectivity index (χ4n) is 2.73. The molecule has 31 heavy (non-hydrogen) atoms. The van der Waals surface area contributed by atoms with Crippen molar-refractivity contribution in [2.45, 2.75) is 13.8 Å². The third-order valence-corrected chi connectivity index (χ3v) is 4.55. The third-order valence-electron chi connectivity index (χ3n) is 4.06. The van der Waals surface area contributed by atoms with E-state index in [-0.39, 0.29) is 12.4 Å². The Bertz CT molecular complexity index is 1130. The number of aromatic hydroxyl groups is 1. The van der Waals surface area contributed by atoms with Gasteiger partial charge in [0.1, 0.15) is 11.5 Å². The number of hydrazone groups is 1. The fraction of sp³-hybridized carbons (Fsp3) is 0.130. The number of aryl methyl sites for hydroxylation is 2. The van der Waals surface area contributed by atoms with Crippen LogP contribution < -0.4 is 10.2 Å². The summed E-state index contributed by atoms with van der Waals surface area (Å²) in [5.41, 5.74) is 6.10. The molecule has 0 atom stereocenters. The number of nitrogens with zero attached hydrogens (tertiary/aromatic N) is 3. The molecule has 1 amide bonds. The minimum atomic E-state index is -0.416. The summed E-state index contributed by atoms with van der Waals surface area (Å²) < 4.78 is 6.39. The maximum absolute atomic E-state index is 12.0. The van der Waals surface area contributed by atoms with Crippen molar-refractivity contribution in [2.24, 2.45) is 15.3 Å². The number of phenolic OH excluding ortho intramolecular Hbond substituents is 1. The Labute approximate surface area is 188 Å². The van der Waals surface area contributed by atoms with E-state index < -0.39 is 5.91 Å². The quantitative estimate of drug-likeness (QED) is 0.257. The molecule has 0 aliphatic rings. The van der Waals surface area contributed by atoms with Gasteiger partial charge in [-0.1, -0.05) is 28.1 Å². The van der Waals surface area contributed by atoms with Crippen molar-refractivity contribution in [3.63, 3.8) is 0 Å². The third kappa shape index (κ3) is 7.04. The molecular formula is C23H21BrN4O3. The Morgan fingerprint density at radius 3 is 2.45 bits per heavy atom. The van der Waals surface area contributed by atoms with E-state index in [1.165, 1.54) is 12.3 Å². The summed E-state index contributed by atoms with van der Waals surface area (Å²) in [6.07, 6.45) is 1.34. The minimum Gasteiger partial charge on any atom is -0.507 e. The lowest BCUT2D eigenvalue weighted by molar-refractivity contribution is -0.123. The van der Waals surface area contributed by atoms with Crippen LogP contribution in [0.5, 0.6) is 11.5 Å². The molecule has 0 saturated heterocycles. The van der Waals surface area contributed by atoms with Crippen molar-refractivity contribution in [3.05, 3.63) is 81.8 Å². The second kappa shape index (κ2) is 10.5. The van der Waals surface area contributed by atoms with Gasteiger partial charge in [-0.3, -0.25) is 4.79 Å². The highest BCUT2D eigenvalue weighted by atomic mass is 79.9. The van der Waals surface area contributed by atoms with Gasteiger partial charge < -0.3 is 9.84 Å². The van der Waals surface area contributed by atoms with E-state index in [2.05, 4.69) is 36.7 Å². The molecule has 0 fully saturated rings. The molecule has 0 radical (unpaired) electrons. The number of nitrogens with one attached hydrogen (secondary N) is 1. The van der Waals surface area contributed by atoms with Gasteiger partial charge in [0, 0.05) is 10.0 Å². The van der Waals surface area contributed by atoms with Crippen molar-refractivity contribution >= 4 is 39.4 Å². The average molecular weight is 481 g/mol. The maximum atomic E-state index is 12.0. The van der Waals surface area contributed by atoms with Crippen LogP contribution in [0.4, 0.5) is 11.4 Å². The number of halogens is 1. The Hall–Kier alpha value is -3.52. The van der Waals surface area contributed by atoms with Crippen molar-refractivity contribution in [2.75, 3.05) is 6.61 Å². The van der Waals surface area contributed by atoms with E-state index in [4.69, 9.17) is 4.74 Å². The molecule has 7 nitrogen and oxygen atoms in total. The number of benzene rings is 3. The average Bonchev–Trinajstić information content (AvgIpc) is 2.72. The molecule has 0 heterocycles. The monoisotopic (exact) mass is 480 g/mol. The van der Waals surface area contributed by atoms with Crippen LogP contribution >= 0.6 is 15.9 Å². The molecule has 0 spiro atoms. The highest BCUT2D eigenvalue weighted by Crippen LogP contribution is 2.25. The summed E-state index contributed by atoms with van der Waals surface area (Å²) in [5, 5.41) is 22.2. The standard InChI is InChI=1S/C23H21BrN4O3/c1-15-8-16(2)10-21(9-15)31-14-23(30)28-25-13-17-11-20(6-7-22(17)29)27-26-19-5-3-4-18(24)12-19/h3-13,29H,14H2,1-2H3,(H,28,30). The van der Waals surface area contributed by atoms with Gasteiger partial charge >= 0.3 is 0 Å². The van der Waals surface area contributed by atoms with Crippen molar-refractivity contribution in [1.29, 1.82) is 0 Å². The molecule has 3 aromatic carbocycles. The number of carbonyl (C=O) groups is 1. The molecule has 0 aromatic heterocycles. The summed E-state index contributed by atoms with van der Waals surface area (Å²) in [7, 11) is 0. The molecule has 3 rings (SSSR count). The summed E-state index contributed by atoms with van der Waals surface area (Å²) in [5.74, 6) is 0.212. The van der Waals surface area contributed by atoms with E-state index >= 15 is 0 Å². The second-order valence-electron chi connectivity index (χ2n) is 6.83. The molecule has 158 valence electrons. The number of azo groups is 1. The van der Waals surface area contributed by atoms with E-state index in [1.807, 2.05) is 56.3 Å². The molecule has 0 saturated carbocycles. The van der Waals surface area contributed by atoms with Crippen LogP contribution in [0, 0.1) is 13.8 Å². The van der Waals surface area contributed by atoms with Crippen LogP contribution in [0.15, 0.2) is 80.5 Å². The first kappa shape index (κ1) is 22.2. The summed E-state index contributed by atoms with van der Waals surface area (Å²) in [6, 6.07) is 17.9. The van der Waals surface area contributed by atoms with Gasteiger partial charge in [0.2, 0.25) is 0 Å². The first-order valence-corrected chi connectivity index (χ1v) is 10.2. The predicted octanol–water partition coefficient (Wildman–Crippen LogP) is 5.72. The van der Waals surface area contributed by atoms with Crippen molar-refractivity contribution in [1.82, 2.24) is 5.43 Å². The van der Waals surface area contributed by atoms with E-state index in [0.717, 1.165) is 15.6 Å². The number of carbonyl (C=O) groups excluding carboxylic acids is 1. The lowest BCUT2D eigenvalue weighted by Crippen LogP contribution is -2.24. The molecule has 0 aliphatic carbocycles. The Balaban J connectivity index is 1.58. The van der Waals surface area contributed by atoms with Crippen LogP contribution in [0.2, 0.25) is 0 Å². The molecular weight excluding hydrogens is 460 g/mol. The number of phenols is 1. The zero-order valence-electron chi connectivity index (χ0n) is 17.0. The number of amides is 1. The number of hydrogen-bond acceptors (Lipinski definition) is 6. The first-order chi connectivity index (χ1) is 14.9. The lowest BCUT2D eigenvalue weighted by Gasteiger charge is -2.07. The Morgan fingerprint density at radius 2 is 1.74 bits per heavy atom. The molecule has 8 heteroatoms. The summed E-state index contributed by atoms with van der Waals surface area (Å²) in [4.78, 5) is 12.0.